The van der Waals surface area contributed by atoms with Gasteiger partial charge in [-0.15, -0.1) is 10.2 Å². The quantitative estimate of drug-likeness (QED) is 0.0259. The number of ether oxygens (including phenoxy) is 1. The second-order valence-corrected chi connectivity index (χ2v) is 19.8. The van der Waals surface area contributed by atoms with Gasteiger partial charge in [0.15, 0.2) is 0 Å². The van der Waals surface area contributed by atoms with E-state index in [0.29, 0.717) is 60.3 Å². The molecule has 3 aromatic carbocycles. The molecule has 75 heavy (non-hydrogen) atoms. The molecule has 5 amide bonds. The lowest BCUT2D eigenvalue weighted by Gasteiger charge is -2.34. The fourth-order valence-corrected chi connectivity index (χ4v) is 9.98. The molecule has 9 rings (SSSR count). The molecular formula is C54H64N12O9. The van der Waals surface area contributed by atoms with Crippen molar-refractivity contribution in [3.63, 3.8) is 0 Å². The lowest BCUT2D eigenvalue weighted by atomic mass is 9.95. The molecular weight excluding hydrogens is 961 g/mol. The topological polar surface area (TPSA) is 266 Å². The summed E-state index contributed by atoms with van der Waals surface area (Å²) in [7, 11) is 0. The number of aliphatic hydroxyl groups excluding tert-OH is 1. The van der Waals surface area contributed by atoms with Crippen molar-refractivity contribution in [2.24, 2.45) is 0 Å². The van der Waals surface area contributed by atoms with E-state index in [1.165, 1.54) is 0 Å². The molecule has 5 aromatic rings. The number of carbonyl (C=O) groups excluding carboxylic acids is 6. The molecule has 6 N–H and O–H groups in total. The van der Waals surface area contributed by atoms with E-state index in [1.807, 2.05) is 50.2 Å². The average Bonchev–Trinajstić information content (AvgIpc) is 4.05. The van der Waals surface area contributed by atoms with Crippen molar-refractivity contribution in [2.75, 3.05) is 74.9 Å². The molecule has 21 nitrogen and oxygen atoms in total. The summed E-state index contributed by atoms with van der Waals surface area (Å²) >= 11 is 0. The van der Waals surface area contributed by atoms with Crippen LogP contribution >= 0.6 is 0 Å². The number of aryl methyl sites for hydroxylation is 1. The van der Waals surface area contributed by atoms with Gasteiger partial charge in [0.05, 0.1) is 41.4 Å². The van der Waals surface area contributed by atoms with Crippen molar-refractivity contribution in [2.45, 2.75) is 95.7 Å². The van der Waals surface area contributed by atoms with Crippen LogP contribution in [-0.4, -0.2) is 140 Å². The Bertz CT molecular complexity index is 2900. The number of anilines is 4. The van der Waals surface area contributed by atoms with E-state index in [2.05, 4.69) is 51.6 Å². The Kier molecular flexibility index (Phi) is 16.5. The van der Waals surface area contributed by atoms with Crippen LogP contribution in [0, 0.1) is 0 Å². The molecule has 0 bridgehead atoms. The third-order valence-corrected chi connectivity index (χ3v) is 14.1. The maximum Gasteiger partial charge on any atom is 0.339 e. The van der Waals surface area contributed by atoms with E-state index in [9.17, 15) is 33.9 Å². The Morgan fingerprint density at radius 1 is 0.840 bits per heavy atom. The molecule has 4 aliphatic heterocycles. The second kappa shape index (κ2) is 23.7. The predicted molar refractivity (Wildman–Crippen MR) is 277 cm³/mol. The first-order valence-corrected chi connectivity index (χ1v) is 25.9. The van der Waals surface area contributed by atoms with Crippen LogP contribution in [0.5, 0.6) is 0 Å². The first-order valence-electron chi connectivity index (χ1n) is 25.9. The van der Waals surface area contributed by atoms with Gasteiger partial charge < -0.3 is 40.4 Å². The number of cyclic esters (lactones) is 1. The predicted octanol–water partition coefficient (Wildman–Crippen LogP) is 5.34. The van der Waals surface area contributed by atoms with Crippen molar-refractivity contribution in [3.8, 4) is 11.5 Å². The maximum absolute atomic E-state index is 13.3. The summed E-state index contributed by atoms with van der Waals surface area (Å²) in [5.41, 5.74) is 3.60. The summed E-state index contributed by atoms with van der Waals surface area (Å²) < 4.78 is 11.7. The molecule has 2 aromatic heterocycles. The van der Waals surface area contributed by atoms with Gasteiger partial charge in [-0.2, -0.15) is 4.98 Å². The zero-order valence-corrected chi connectivity index (χ0v) is 42.4. The number of piperidine rings is 1. The van der Waals surface area contributed by atoms with Gasteiger partial charge in [0.25, 0.3) is 17.7 Å². The van der Waals surface area contributed by atoms with Gasteiger partial charge in [-0.25, -0.2) is 9.78 Å². The highest BCUT2D eigenvalue weighted by Gasteiger charge is 2.45. The number of hydrogen-bond acceptors (Lipinski definition) is 18. The van der Waals surface area contributed by atoms with Crippen molar-refractivity contribution >= 4 is 58.6 Å². The van der Waals surface area contributed by atoms with Gasteiger partial charge >= 0.3 is 5.97 Å². The maximum atomic E-state index is 13.3. The fraction of sp³-hybridized carbons (Fsp3) is 0.444. The normalized spacial score (nSPS) is 17.8. The van der Waals surface area contributed by atoms with E-state index in [1.54, 1.807) is 36.5 Å². The number of carbonyl (C=O) groups is 6. The fourth-order valence-electron chi connectivity index (χ4n) is 9.98. The minimum Gasteiger partial charge on any atom is -0.451 e. The van der Waals surface area contributed by atoms with Crippen LogP contribution in [0.1, 0.15) is 126 Å². The smallest absolute Gasteiger partial charge is 0.339 e. The van der Waals surface area contributed by atoms with Crippen LogP contribution in [0.25, 0.3) is 11.5 Å². The van der Waals surface area contributed by atoms with E-state index in [-0.39, 0.29) is 54.3 Å². The number of piperazine rings is 1. The number of imide groups is 2. The number of aromatic nitrogens is 4. The van der Waals surface area contributed by atoms with Gasteiger partial charge in [0.1, 0.15) is 17.5 Å². The number of rotatable bonds is 24. The summed E-state index contributed by atoms with van der Waals surface area (Å²) in [6.07, 6.45) is 9.00. The number of esters is 1. The SMILES string of the molecule is CC1(C)OC(=O)c2ccc(Nc3ncc(-c4nnc(CCCN5CCN(CC(=O)NCCCCCCCCNc6cccc7c6C(=O)N(C6CCC(=O)NC6=O)C7=O)CC5)o4)c(N[C@H](CO)c4ccccc4)n3)cc21. The molecule has 1 unspecified atom stereocenters. The molecule has 0 radical (unpaired) electrons. The van der Waals surface area contributed by atoms with Gasteiger partial charge in [-0.1, -0.05) is 62.1 Å². The molecule has 21 heteroatoms. The monoisotopic (exact) mass is 1020 g/mol. The molecule has 394 valence electrons. The Labute approximate surface area is 434 Å². The van der Waals surface area contributed by atoms with Crippen LogP contribution in [0.4, 0.5) is 23.1 Å². The molecule has 0 spiro atoms. The van der Waals surface area contributed by atoms with Gasteiger partial charge in [0.2, 0.25) is 29.6 Å². The molecule has 6 heterocycles. The van der Waals surface area contributed by atoms with Crippen molar-refractivity contribution < 1.29 is 43.0 Å². The Morgan fingerprint density at radius 3 is 2.37 bits per heavy atom. The molecule has 2 fully saturated rings. The minimum absolute atomic E-state index is 0.0357. The zero-order valence-electron chi connectivity index (χ0n) is 42.4. The zero-order chi connectivity index (χ0) is 52.5. The highest BCUT2D eigenvalue weighted by atomic mass is 16.6. The number of benzene rings is 3. The van der Waals surface area contributed by atoms with Crippen molar-refractivity contribution in [3.05, 3.63) is 107 Å². The van der Waals surface area contributed by atoms with Crippen LogP contribution < -0.4 is 26.6 Å². The first-order chi connectivity index (χ1) is 36.3. The van der Waals surface area contributed by atoms with Gasteiger partial charge in [0, 0.05) is 75.2 Å². The van der Waals surface area contributed by atoms with Gasteiger partial charge in [-0.3, -0.25) is 39.1 Å². The molecule has 0 saturated carbocycles. The van der Waals surface area contributed by atoms with E-state index in [4.69, 9.17) is 14.1 Å². The number of nitrogens with one attached hydrogen (secondary N) is 5. The molecule has 0 aliphatic carbocycles. The van der Waals surface area contributed by atoms with Crippen molar-refractivity contribution in [1.29, 1.82) is 0 Å². The lowest BCUT2D eigenvalue weighted by molar-refractivity contribution is -0.136. The van der Waals surface area contributed by atoms with E-state index < -0.39 is 41.3 Å². The Hall–Kier alpha value is -7.62. The number of unbranched alkanes of at least 4 members (excludes halogenated alkanes) is 5. The number of aliphatic hydroxyl groups is 1. The standard InChI is InChI=1S/C54H64N12O9/c1-54(2)39-30-35(19-20-36(39)52(73)75-54)58-53-57-31-38(47(61-53)59-41(33-67)34-14-8-7-9-15-34)49-63-62-45(74-49)18-13-25-64-26-28-65(29-27-64)32-44(69)56-24-11-6-4-3-5-10-23-55-40-17-12-16-37-46(40)51(72)66(50(37)71)42-21-22-43(68)60-48(42)70/h7-9,12,14-17,19-20,30-31,41-42,55,67H,3-6,10-11,13,18,21-29,32-33H2,1-2H3,(H,56,69)(H,60,68,70)(H2,57,58,59,61)/t41-,42?/m1/s1. The van der Waals surface area contributed by atoms with Gasteiger partial charge in [-0.05, 0) is 82.0 Å². The number of fused-ring (bicyclic) bond motifs is 2. The Morgan fingerprint density at radius 2 is 1.60 bits per heavy atom. The third-order valence-electron chi connectivity index (χ3n) is 14.1. The molecule has 4 aliphatic rings. The highest BCUT2D eigenvalue weighted by Crippen LogP contribution is 2.38. The minimum atomic E-state index is -0.998. The third kappa shape index (κ3) is 12.5. The number of hydrogen-bond donors (Lipinski definition) is 6. The highest BCUT2D eigenvalue weighted by molar-refractivity contribution is 6.25. The average molecular weight is 1030 g/mol. The van der Waals surface area contributed by atoms with E-state index in [0.717, 1.165) is 93.7 Å². The number of nitrogens with zero attached hydrogens (tertiary/aromatic N) is 7. The van der Waals surface area contributed by atoms with Crippen molar-refractivity contribution in [1.82, 2.24) is 45.5 Å². The molecule has 2 saturated heterocycles. The molecule has 2 atom stereocenters. The summed E-state index contributed by atoms with van der Waals surface area (Å²) in [6, 6.07) is 18.5. The summed E-state index contributed by atoms with van der Waals surface area (Å²) in [6.45, 7) is 9.25. The summed E-state index contributed by atoms with van der Waals surface area (Å²) in [4.78, 5) is 90.6. The summed E-state index contributed by atoms with van der Waals surface area (Å²) in [5.74, 6) is -1.02. The first kappa shape index (κ1) is 52.3. The second-order valence-electron chi connectivity index (χ2n) is 19.8. The largest absolute Gasteiger partial charge is 0.451 e. The summed E-state index contributed by atoms with van der Waals surface area (Å²) in [5, 5.41) is 34.3. The van der Waals surface area contributed by atoms with Crippen LogP contribution in [0.15, 0.2) is 77.3 Å². The van der Waals surface area contributed by atoms with E-state index >= 15 is 0 Å². The number of amides is 5. The van der Waals surface area contributed by atoms with Crippen LogP contribution in [0.3, 0.4) is 0 Å². The lowest BCUT2D eigenvalue weighted by Crippen LogP contribution is -2.54. The van der Waals surface area contributed by atoms with Crippen LogP contribution in [-0.2, 0) is 31.1 Å². The van der Waals surface area contributed by atoms with Crippen LogP contribution in [0.2, 0.25) is 0 Å². The Balaban J connectivity index is 0.658.